The molecule has 1 aromatic carbocycles. The van der Waals surface area contributed by atoms with Crippen molar-refractivity contribution in [3.8, 4) is 11.3 Å². The zero-order chi connectivity index (χ0) is 15.4. The predicted octanol–water partition coefficient (Wildman–Crippen LogP) is 4.07. The molecule has 0 unspecified atom stereocenters. The van der Waals surface area contributed by atoms with Gasteiger partial charge in [0.2, 0.25) is 0 Å². The molecule has 0 aliphatic carbocycles. The maximum atomic E-state index is 12.6. The number of carbonyl (C=O) groups is 1. The maximum absolute atomic E-state index is 12.6. The predicted molar refractivity (Wildman–Crippen MR) is 86.7 cm³/mol. The van der Waals surface area contributed by atoms with Gasteiger partial charge in [0.15, 0.2) is 11.5 Å². The molecule has 1 amide bonds. The monoisotopic (exact) mass is 312 g/mol. The van der Waals surface area contributed by atoms with E-state index in [9.17, 15) is 4.79 Å². The molecule has 0 radical (unpaired) electrons. The van der Waals surface area contributed by atoms with Crippen molar-refractivity contribution >= 4 is 17.2 Å². The van der Waals surface area contributed by atoms with Crippen LogP contribution in [-0.4, -0.2) is 22.5 Å². The number of carbonyl (C=O) groups excluding carboxylic acids is 1. The van der Waals surface area contributed by atoms with Gasteiger partial charge >= 0.3 is 0 Å². The molecule has 5 heteroatoms. The van der Waals surface area contributed by atoms with Crippen molar-refractivity contribution in [3.05, 3.63) is 64.5 Å². The van der Waals surface area contributed by atoms with Crippen LogP contribution in [0.5, 0.6) is 0 Å². The first-order valence-corrected chi connectivity index (χ1v) is 7.99. The van der Waals surface area contributed by atoms with Crippen LogP contribution in [0.25, 0.3) is 11.3 Å². The van der Waals surface area contributed by atoms with E-state index >= 15 is 0 Å². The van der Waals surface area contributed by atoms with E-state index in [1.165, 1.54) is 0 Å². The van der Waals surface area contributed by atoms with E-state index in [1.54, 1.807) is 22.3 Å². The maximum Gasteiger partial charge on any atom is 0.276 e. The number of nitrogens with zero attached hydrogens (tertiary/aromatic N) is 2. The third kappa shape index (κ3) is 3.09. The van der Waals surface area contributed by atoms with Gasteiger partial charge in [-0.25, -0.2) is 0 Å². The van der Waals surface area contributed by atoms with Crippen LogP contribution in [0.3, 0.4) is 0 Å². The number of hydrogen-bond acceptors (Lipinski definition) is 4. The lowest BCUT2D eigenvalue weighted by molar-refractivity contribution is 0.0744. The smallest absolute Gasteiger partial charge is 0.276 e. The molecule has 0 spiro atoms. The first kappa shape index (κ1) is 14.5. The van der Waals surface area contributed by atoms with E-state index in [0.717, 1.165) is 10.4 Å². The lowest BCUT2D eigenvalue weighted by Crippen LogP contribution is -2.30. The van der Waals surface area contributed by atoms with Crippen molar-refractivity contribution in [3.63, 3.8) is 0 Å². The fourth-order valence-electron chi connectivity index (χ4n) is 2.19. The summed E-state index contributed by atoms with van der Waals surface area (Å²) in [6, 6.07) is 15.4. The zero-order valence-electron chi connectivity index (χ0n) is 12.2. The largest absolute Gasteiger partial charge is 0.355 e. The van der Waals surface area contributed by atoms with Gasteiger partial charge in [-0.2, -0.15) is 0 Å². The quantitative estimate of drug-likeness (QED) is 0.713. The second-order valence-electron chi connectivity index (χ2n) is 4.84. The normalized spacial score (nSPS) is 10.6. The van der Waals surface area contributed by atoms with Crippen LogP contribution in [0, 0.1) is 0 Å². The Morgan fingerprint density at radius 2 is 2.05 bits per heavy atom. The van der Waals surface area contributed by atoms with E-state index in [-0.39, 0.29) is 5.91 Å². The lowest BCUT2D eigenvalue weighted by atomic mass is 10.1. The molecule has 0 aliphatic heterocycles. The number of rotatable bonds is 5. The summed E-state index contributed by atoms with van der Waals surface area (Å²) in [4.78, 5) is 15.5. The standard InChI is InChI=1S/C17H16N2O2S/c1-2-19(12-14-9-6-10-22-14)17(20)15-11-16(21-18-15)13-7-4-3-5-8-13/h3-11H,2,12H2,1H3. The Morgan fingerprint density at radius 1 is 1.23 bits per heavy atom. The Morgan fingerprint density at radius 3 is 2.73 bits per heavy atom. The minimum absolute atomic E-state index is 0.109. The number of thiophene rings is 1. The van der Waals surface area contributed by atoms with Crippen LogP contribution < -0.4 is 0 Å². The Kier molecular flexibility index (Phi) is 4.34. The summed E-state index contributed by atoms with van der Waals surface area (Å²) in [5.74, 6) is 0.498. The molecule has 4 nitrogen and oxygen atoms in total. The van der Waals surface area contributed by atoms with Gasteiger partial charge in [-0.3, -0.25) is 4.79 Å². The van der Waals surface area contributed by atoms with Crippen molar-refractivity contribution in [2.45, 2.75) is 13.5 Å². The molecule has 2 aromatic heterocycles. The van der Waals surface area contributed by atoms with Crippen molar-refractivity contribution in [1.82, 2.24) is 10.1 Å². The van der Waals surface area contributed by atoms with E-state index < -0.39 is 0 Å². The van der Waals surface area contributed by atoms with Gasteiger partial charge in [-0.15, -0.1) is 11.3 Å². The van der Waals surface area contributed by atoms with Gasteiger partial charge in [0.25, 0.3) is 5.91 Å². The highest BCUT2D eigenvalue weighted by atomic mass is 32.1. The summed E-state index contributed by atoms with van der Waals surface area (Å²) in [6.45, 7) is 3.19. The summed E-state index contributed by atoms with van der Waals surface area (Å²) in [6.07, 6.45) is 0. The van der Waals surface area contributed by atoms with Crippen LogP contribution in [-0.2, 0) is 6.54 Å². The number of amides is 1. The molecule has 3 rings (SSSR count). The fraction of sp³-hybridized carbons (Fsp3) is 0.176. The van der Waals surface area contributed by atoms with E-state index in [4.69, 9.17) is 4.52 Å². The molecule has 0 saturated carbocycles. The Hall–Kier alpha value is -2.40. The molecular formula is C17H16N2O2S. The van der Waals surface area contributed by atoms with Crippen LogP contribution in [0.4, 0.5) is 0 Å². The molecule has 2 heterocycles. The number of aromatic nitrogens is 1. The second kappa shape index (κ2) is 6.58. The highest BCUT2D eigenvalue weighted by Crippen LogP contribution is 2.21. The molecule has 0 bridgehead atoms. The van der Waals surface area contributed by atoms with Gasteiger partial charge in [0, 0.05) is 23.1 Å². The zero-order valence-corrected chi connectivity index (χ0v) is 13.0. The lowest BCUT2D eigenvalue weighted by Gasteiger charge is -2.18. The van der Waals surface area contributed by atoms with Gasteiger partial charge in [-0.05, 0) is 18.4 Å². The summed E-state index contributed by atoms with van der Waals surface area (Å²) in [7, 11) is 0. The first-order chi connectivity index (χ1) is 10.8. The molecule has 0 aliphatic rings. The summed E-state index contributed by atoms with van der Waals surface area (Å²) >= 11 is 1.64. The molecule has 0 atom stereocenters. The highest BCUT2D eigenvalue weighted by molar-refractivity contribution is 7.09. The summed E-state index contributed by atoms with van der Waals surface area (Å²) < 4.78 is 5.31. The fourth-order valence-corrected chi connectivity index (χ4v) is 2.91. The summed E-state index contributed by atoms with van der Waals surface area (Å²) in [5, 5.41) is 5.94. The van der Waals surface area contributed by atoms with Gasteiger partial charge < -0.3 is 9.42 Å². The van der Waals surface area contributed by atoms with Gasteiger partial charge in [0.1, 0.15) is 0 Å². The Bertz CT molecular complexity index is 735. The number of benzene rings is 1. The molecule has 112 valence electrons. The molecular weight excluding hydrogens is 296 g/mol. The van der Waals surface area contributed by atoms with E-state index in [0.29, 0.717) is 24.5 Å². The van der Waals surface area contributed by atoms with Crippen LogP contribution in [0.15, 0.2) is 58.4 Å². The van der Waals surface area contributed by atoms with E-state index in [1.807, 2.05) is 54.8 Å². The SMILES string of the molecule is CCN(Cc1cccs1)C(=O)c1cc(-c2ccccc2)on1. The molecule has 3 aromatic rings. The average molecular weight is 312 g/mol. The third-order valence-electron chi connectivity index (χ3n) is 3.38. The third-order valence-corrected chi connectivity index (χ3v) is 4.24. The molecule has 22 heavy (non-hydrogen) atoms. The van der Waals surface area contributed by atoms with E-state index in [2.05, 4.69) is 5.16 Å². The van der Waals surface area contributed by atoms with Crippen molar-refractivity contribution in [2.75, 3.05) is 6.54 Å². The van der Waals surface area contributed by atoms with Crippen molar-refractivity contribution in [2.24, 2.45) is 0 Å². The van der Waals surface area contributed by atoms with Crippen molar-refractivity contribution < 1.29 is 9.32 Å². The second-order valence-corrected chi connectivity index (χ2v) is 5.87. The van der Waals surface area contributed by atoms with Crippen molar-refractivity contribution in [1.29, 1.82) is 0 Å². The number of hydrogen-bond donors (Lipinski definition) is 0. The minimum atomic E-state index is -0.109. The van der Waals surface area contributed by atoms with Gasteiger partial charge in [0.05, 0.1) is 6.54 Å². The Balaban J connectivity index is 1.78. The summed E-state index contributed by atoms with van der Waals surface area (Å²) in [5.41, 5.74) is 1.26. The Labute approximate surface area is 133 Å². The topological polar surface area (TPSA) is 46.3 Å². The molecule has 0 saturated heterocycles. The minimum Gasteiger partial charge on any atom is -0.355 e. The average Bonchev–Trinajstić information content (AvgIpc) is 3.24. The van der Waals surface area contributed by atoms with Crippen LogP contribution in [0.2, 0.25) is 0 Å². The highest BCUT2D eigenvalue weighted by Gasteiger charge is 2.19. The van der Waals surface area contributed by atoms with Crippen LogP contribution in [0.1, 0.15) is 22.3 Å². The first-order valence-electron chi connectivity index (χ1n) is 7.11. The molecule has 0 fully saturated rings. The van der Waals surface area contributed by atoms with Crippen LogP contribution >= 0.6 is 11.3 Å². The molecule has 0 N–H and O–H groups in total. The van der Waals surface area contributed by atoms with Gasteiger partial charge in [-0.1, -0.05) is 41.6 Å².